The molecule has 0 heterocycles. The molecule has 0 aromatic heterocycles. The molecule has 0 atom stereocenters. The van der Waals surface area contributed by atoms with Gasteiger partial charge in [-0.25, -0.2) is 0 Å². The fourth-order valence-electron chi connectivity index (χ4n) is 2.88. The number of aryl methyl sites for hydroxylation is 1. The summed E-state index contributed by atoms with van der Waals surface area (Å²) in [6.45, 7) is 4.94. The molecule has 2 aromatic carbocycles. The minimum atomic E-state index is -0.778. The van der Waals surface area contributed by atoms with Crippen LogP contribution in [-0.2, 0) is 16.1 Å². The van der Waals surface area contributed by atoms with Crippen molar-refractivity contribution in [3.05, 3.63) is 65.2 Å². The van der Waals surface area contributed by atoms with Crippen molar-refractivity contribution in [2.75, 3.05) is 11.9 Å². The number of benzene rings is 2. The molecule has 0 spiro atoms. The third kappa shape index (κ3) is 7.07. The summed E-state index contributed by atoms with van der Waals surface area (Å²) in [6.07, 6.45) is 4.07. The number of amides is 3. The number of hydrogen-bond donors (Lipinski definition) is 3. The lowest BCUT2D eigenvalue weighted by Gasteiger charge is -2.12. The van der Waals surface area contributed by atoms with Crippen molar-refractivity contribution in [3.8, 4) is 0 Å². The molecule has 6 nitrogen and oxygen atoms in total. The minimum Gasteiger partial charge on any atom is -0.348 e. The molecule has 0 aliphatic rings. The molecule has 0 radical (unpaired) electrons. The SMILES string of the molecule is CCCCCCNC(=O)C(=O)Nc1ccccc1C(=O)NCc1ccccc1C. The van der Waals surface area contributed by atoms with E-state index in [9.17, 15) is 14.4 Å². The van der Waals surface area contributed by atoms with Gasteiger partial charge in [-0.2, -0.15) is 0 Å². The van der Waals surface area contributed by atoms with Crippen LogP contribution in [0.1, 0.15) is 54.1 Å². The summed E-state index contributed by atoms with van der Waals surface area (Å²) in [5, 5.41) is 8.01. The molecule has 0 saturated carbocycles. The van der Waals surface area contributed by atoms with Crippen LogP contribution in [0, 0.1) is 6.92 Å². The van der Waals surface area contributed by atoms with Crippen LogP contribution in [0.15, 0.2) is 48.5 Å². The maximum absolute atomic E-state index is 12.6. The van der Waals surface area contributed by atoms with E-state index < -0.39 is 11.8 Å². The fraction of sp³-hybridized carbons (Fsp3) is 0.348. The standard InChI is InChI=1S/C23H29N3O3/c1-3-4-5-10-15-24-22(28)23(29)26-20-14-9-8-13-19(20)21(27)25-16-18-12-7-6-11-17(18)2/h6-9,11-14H,3-5,10,15-16H2,1-2H3,(H,24,28)(H,25,27)(H,26,29). The Labute approximate surface area is 172 Å². The molecule has 0 aliphatic carbocycles. The number of hydrogen-bond acceptors (Lipinski definition) is 3. The molecular formula is C23H29N3O3. The highest BCUT2D eigenvalue weighted by atomic mass is 16.2. The number of para-hydroxylation sites is 1. The molecule has 6 heteroatoms. The predicted molar refractivity (Wildman–Crippen MR) is 115 cm³/mol. The molecule has 0 unspecified atom stereocenters. The predicted octanol–water partition coefficient (Wildman–Crippen LogP) is 3.56. The average Bonchev–Trinajstić information content (AvgIpc) is 2.73. The van der Waals surface area contributed by atoms with Gasteiger partial charge in [-0.1, -0.05) is 62.6 Å². The second-order valence-electron chi connectivity index (χ2n) is 6.93. The molecular weight excluding hydrogens is 366 g/mol. The van der Waals surface area contributed by atoms with Crippen LogP contribution in [0.3, 0.4) is 0 Å². The van der Waals surface area contributed by atoms with Gasteiger partial charge >= 0.3 is 11.8 Å². The number of rotatable bonds is 9. The maximum atomic E-state index is 12.6. The molecule has 0 saturated heterocycles. The molecule has 0 aliphatic heterocycles. The lowest BCUT2D eigenvalue weighted by atomic mass is 10.1. The quantitative estimate of drug-likeness (QED) is 0.448. The normalized spacial score (nSPS) is 10.3. The topological polar surface area (TPSA) is 87.3 Å². The number of nitrogens with one attached hydrogen (secondary N) is 3. The Morgan fingerprint density at radius 3 is 2.31 bits per heavy atom. The van der Waals surface area contributed by atoms with Crippen LogP contribution in [0.2, 0.25) is 0 Å². The summed E-state index contributed by atoms with van der Waals surface area (Å²) in [4.78, 5) is 36.8. The second kappa shape index (κ2) is 11.6. The molecule has 0 bridgehead atoms. The molecule has 0 fully saturated rings. The Morgan fingerprint density at radius 1 is 0.828 bits per heavy atom. The van der Waals surface area contributed by atoms with Gasteiger partial charge in [0.2, 0.25) is 0 Å². The van der Waals surface area contributed by atoms with Crippen molar-refractivity contribution >= 4 is 23.4 Å². The fourth-order valence-corrected chi connectivity index (χ4v) is 2.88. The van der Waals surface area contributed by atoms with Crippen LogP contribution < -0.4 is 16.0 Å². The highest BCUT2D eigenvalue weighted by molar-refractivity contribution is 6.40. The van der Waals surface area contributed by atoms with Gasteiger partial charge in [0.05, 0.1) is 11.3 Å². The summed E-state index contributed by atoms with van der Waals surface area (Å²) in [6, 6.07) is 14.4. The van der Waals surface area contributed by atoms with Crippen LogP contribution in [0.4, 0.5) is 5.69 Å². The molecule has 154 valence electrons. The first-order chi connectivity index (χ1) is 14.0. The summed E-state index contributed by atoms with van der Waals surface area (Å²) >= 11 is 0. The van der Waals surface area contributed by atoms with Crippen molar-refractivity contribution in [1.29, 1.82) is 0 Å². The average molecular weight is 396 g/mol. The molecule has 3 amide bonds. The first-order valence-corrected chi connectivity index (χ1v) is 10.0. The minimum absolute atomic E-state index is 0.306. The van der Waals surface area contributed by atoms with E-state index in [0.717, 1.165) is 36.8 Å². The van der Waals surface area contributed by atoms with Gasteiger partial charge < -0.3 is 16.0 Å². The Bertz CT molecular complexity index is 849. The third-order valence-corrected chi connectivity index (χ3v) is 4.64. The highest BCUT2D eigenvalue weighted by Crippen LogP contribution is 2.15. The molecule has 2 aromatic rings. The van der Waals surface area contributed by atoms with Crippen LogP contribution in [0.25, 0.3) is 0 Å². The van der Waals surface area contributed by atoms with Gasteiger partial charge in [0.25, 0.3) is 5.91 Å². The van der Waals surface area contributed by atoms with E-state index in [1.165, 1.54) is 0 Å². The number of anilines is 1. The molecule has 3 N–H and O–H groups in total. The first-order valence-electron chi connectivity index (χ1n) is 10.0. The molecule has 2 rings (SSSR count). The Hall–Kier alpha value is -3.15. The van der Waals surface area contributed by atoms with Gasteiger partial charge in [-0.15, -0.1) is 0 Å². The zero-order valence-electron chi connectivity index (χ0n) is 17.1. The monoisotopic (exact) mass is 395 g/mol. The lowest BCUT2D eigenvalue weighted by molar-refractivity contribution is -0.136. The van der Waals surface area contributed by atoms with E-state index in [2.05, 4.69) is 22.9 Å². The highest BCUT2D eigenvalue weighted by Gasteiger charge is 2.17. The van der Waals surface area contributed by atoms with E-state index in [0.29, 0.717) is 24.3 Å². The van der Waals surface area contributed by atoms with Crippen LogP contribution in [-0.4, -0.2) is 24.3 Å². The zero-order chi connectivity index (χ0) is 21.1. The molecule has 29 heavy (non-hydrogen) atoms. The van der Waals surface area contributed by atoms with E-state index in [1.807, 2.05) is 31.2 Å². The summed E-state index contributed by atoms with van der Waals surface area (Å²) in [7, 11) is 0. The smallest absolute Gasteiger partial charge is 0.313 e. The van der Waals surface area contributed by atoms with E-state index in [-0.39, 0.29) is 5.91 Å². The summed E-state index contributed by atoms with van der Waals surface area (Å²) < 4.78 is 0. The van der Waals surface area contributed by atoms with Gasteiger partial charge in [0.1, 0.15) is 0 Å². The van der Waals surface area contributed by atoms with Gasteiger partial charge in [0, 0.05) is 13.1 Å². The van der Waals surface area contributed by atoms with E-state index in [4.69, 9.17) is 0 Å². The van der Waals surface area contributed by atoms with Gasteiger partial charge in [0.15, 0.2) is 0 Å². The van der Waals surface area contributed by atoms with Crippen molar-refractivity contribution in [3.63, 3.8) is 0 Å². The Morgan fingerprint density at radius 2 is 1.55 bits per heavy atom. The lowest BCUT2D eigenvalue weighted by Crippen LogP contribution is -2.36. The van der Waals surface area contributed by atoms with E-state index >= 15 is 0 Å². The second-order valence-corrected chi connectivity index (χ2v) is 6.93. The third-order valence-electron chi connectivity index (χ3n) is 4.64. The summed E-state index contributed by atoms with van der Waals surface area (Å²) in [5.41, 5.74) is 2.72. The zero-order valence-corrected chi connectivity index (χ0v) is 17.1. The number of unbranched alkanes of at least 4 members (excludes halogenated alkanes) is 3. The largest absolute Gasteiger partial charge is 0.348 e. The Balaban J connectivity index is 1.93. The van der Waals surface area contributed by atoms with Crippen molar-refractivity contribution < 1.29 is 14.4 Å². The van der Waals surface area contributed by atoms with Crippen LogP contribution in [0.5, 0.6) is 0 Å². The van der Waals surface area contributed by atoms with Gasteiger partial charge in [-0.3, -0.25) is 14.4 Å². The van der Waals surface area contributed by atoms with Crippen molar-refractivity contribution in [2.24, 2.45) is 0 Å². The maximum Gasteiger partial charge on any atom is 0.313 e. The van der Waals surface area contributed by atoms with E-state index in [1.54, 1.807) is 24.3 Å². The van der Waals surface area contributed by atoms with Gasteiger partial charge in [-0.05, 0) is 36.6 Å². The van der Waals surface area contributed by atoms with Crippen molar-refractivity contribution in [1.82, 2.24) is 10.6 Å². The Kier molecular flexibility index (Phi) is 8.89. The van der Waals surface area contributed by atoms with Crippen LogP contribution >= 0.6 is 0 Å². The first kappa shape index (κ1) is 22.1. The number of carbonyl (C=O) groups excluding carboxylic acids is 3. The summed E-state index contributed by atoms with van der Waals surface area (Å²) in [5.74, 6) is -1.79. The van der Waals surface area contributed by atoms with Crippen molar-refractivity contribution in [2.45, 2.75) is 46.1 Å². The number of carbonyl (C=O) groups is 3.